The molecule has 7 nitrogen and oxygen atoms in total. The van der Waals surface area contributed by atoms with Crippen molar-refractivity contribution in [2.24, 2.45) is 0 Å². The highest BCUT2D eigenvalue weighted by atomic mass is 35.5. The molecule has 3 rings (SSSR count). The molecule has 2 aromatic rings. The lowest BCUT2D eigenvalue weighted by molar-refractivity contribution is 0.00405. The van der Waals surface area contributed by atoms with Crippen molar-refractivity contribution in [2.45, 2.75) is 69.0 Å². The Balaban J connectivity index is 0.00000341. The molecule has 9 heteroatoms. The molecule has 1 aromatic heterocycles. The number of carbonyl (C=O) groups is 1. The van der Waals surface area contributed by atoms with E-state index in [9.17, 15) is 4.79 Å². The van der Waals surface area contributed by atoms with Crippen molar-refractivity contribution in [3.63, 3.8) is 0 Å². The first-order valence-corrected chi connectivity index (χ1v) is 11.0. The topological polar surface area (TPSA) is 93.4 Å². The predicted octanol–water partition coefficient (Wildman–Crippen LogP) is 5.38. The molecule has 1 amide bonds. The van der Waals surface area contributed by atoms with Gasteiger partial charge in [0.25, 0.3) is 0 Å². The molecule has 2 heterocycles. The second-order valence-corrected chi connectivity index (χ2v) is 10.1. The van der Waals surface area contributed by atoms with Gasteiger partial charge in [-0.05, 0) is 39.8 Å². The molecule has 0 saturated carbocycles. The Bertz CT molecular complexity index is 894. The van der Waals surface area contributed by atoms with Crippen molar-refractivity contribution in [2.75, 3.05) is 23.7 Å². The van der Waals surface area contributed by atoms with Crippen LogP contribution in [0.25, 0.3) is 0 Å². The summed E-state index contributed by atoms with van der Waals surface area (Å²) in [6.07, 6.45) is 4.57. The number of nitrogens with zero attached hydrogens (tertiary/aromatic N) is 3. The summed E-state index contributed by atoms with van der Waals surface area (Å²) in [5, 5.41) is 4.12. The second kappa shape index (κ2) is 9.96. The lowest BCUT2D eigenvalue weighted by Crippen LogP contribution is -2.49. The Morgan fingerprint density at radius 1 is 1.26 bits per heavy atom. The smallest absolute Gasteiger partial charge is 0.408 e. The highest BCUT2D eigenvalue weighted by Crippen LogP contribution is 2.35. The fourth-order valence-electron chi connectivity index (χ4n) is 3.11. The minimum atomic E-state index is -0.487. The van der Waals surface area contributed by atoms with Crippen LogP contribution in [0.1, 0.15) is 48.0 Å². The monoisotopic (exact) mass is 465 g/mol. The van der Waals surface area contributed by atoms with Gasteiger partial charge in [-0.25, -0.2) is 14.8 Å². The number of ether oxygens (including phenoxy) is 1. The zero-order valence-electron chi connectivity index (χ0n) is 17.7. The SMILES string of the molecule is C.CC(C)(C)NC(=O)OC1(C)CCN(c2cnc(Sc3cccc(N)c3Cl)cn2)CC1. The molecule has 31 heavy (non-hydrogen) atoms. The van der Waals surface area contributed by atoms with Crippen LogP contribution in [0.4, 0.5) is 16.3 Å². The van der Waals surface area contributed by atoms with Crippen LogP contribution in [-0.2, 0) is 4.74 Å². The Kier molecular flexibility index (Phi) is 8.05. The highest BCUT2D eigenvalue weighted by Gasteiger charge is 2.35. The number of anilines is 2. The summed E-state index contributed by atoms with van der Waals surface area (Å²) in [6, 6.07) is 5.53. The number of benzene rings is 1. The first kappa shape index (κ1) is 25.1. The largest absolute Gasteiger partial charge is 0.443 e. The zero-order valence-corrected chi connectivity index (χ0v) is 19.3. The Morgan fingerprint density at radius 2 is 1.94 bits per heavy atom. The average molecular weight is 466 g/mol. The van der Waals surface area contributed by atoms with E-state index in [1.54, 1.807) is 18.5 Å². The van der Waals surface area contributed by atoms with E-state index in [1.807, 2.05) is 39.8 Å². The van der Waals surface area contributed by atoms with Gasteiger partial charge < -0.3 is 20.7 Å². The fraction of sp³-hybridized carbons (Fsp3) is 0.500. The number of carbonyl (C=O) groups excluding carboxylic acids is 1. The van der Waals surface area contributed by atoms with E-state index in [-0.39, 0.29) is 19.1 Å². The maximum Gasteiger partial charge on any atom is 0.408 e. The minimum Gasteiger partial charge on any atom is -0.443 e. The molecule has 1 aliphatic heterocycles. The van der Waals surface area contributed by atoms with Crippen LogP contribution in [0.3, 0.4) is 0 Å². The normalized spacial score (nSPS) is 15.7. The summed E-state index contributed by atoms with van der Waals surface area (Å²) < 4.78 is 5.71. The van der Waals surface area contributed by atoms with Crippen LogP contribution in [0, 0.1) is 0 Å². The van der Waals surface area contributed by atoms with E-state index >= 15 is 0 Å². The maximum atomic E-state index is 12.1. The van der Waals surface area contributed by atoms with Crippen molar-refractivity contribution >= 4 is 41.0 Å². The summed E-state index contributed by atoms with van der Waals surface area (Å²) in [5.41, 5.74) is 5.59. The highest BCUT2D eigenvalue weighted by molar-refractivity contribution is 7.99. The number of alkyl carbamates (subject to hydrolysis) is 1. The fourth-order valence-corrected chi connectivity index (χ4v) is 4.14. The number of aromatic nitrogens is 2. The third-order valence-corrected chi connectivity index (χ3v) is 6.30. The molecule has 170 valence electrons. The lowest BCUT2D eigenvalue weighted by atomic mass is 9.93. The number of piperidine rings is 1. The number of hydrogen-bond donors (Lipinski definition) is 2. The van der Waals surface area contributed by atoms with Crippen molar-refractivity contribution in [1.29, 1.82) is 0 Å². The maximum absolute atomic E-state index is 12.1. The predicted molar refractivity (Wildman–Crippen MR) is 128 cm³/mol. The van der Waals surface area contributed by atoms with Crippen LogP contribution in [0.2, 0.25) is 5.02 Å². The quantitative estimate of drug-likeness (QED) is 0.585. The first-order chi connectivity index (χ1) is 14.0. The summed E-state index contributed by atoms with van der Waals surface area (Å²) in [5.74, 6) is 0.805. The summed E-state index contributed by atoms with van der Waals surface area (Å²) in [7, 11) is 0. The summed E-state index contributed by atoms with van der Waals surface area (Å²) in [6.45, 7) is 9.25. The summed E-state index contributed by atoms with van der Waals surface area (Å²) >= 11 is 7.68. The summed E-state index contributed by atoms with van der Waals surface area (Å²) in [4.78, 5) is 24.2. The van der Waals surface area contributed by atoms with Crippen LogP contribution in [0.15, 0.2) is 40.5 Å². The minimum absolute atomic E-state index is 0. The first-order valence-electron chi connectivity index (χ1n) is 9.85. The number of halogens is 1. The van der Waals surface area contributed by atoms with E-state index in [0.29, 0.717) is 10.7 Å². The Morgan fingerprint density at radius 3 is 2.52 bits per heavy atom. The van der Waals surface area contributed by atoms with Crippen molar-refractivity contribution in [1.82, 2.24) is 15.3 Å². The van der Waals surface area contributed by atoms with Crippen LogP contribution >= 0.6 is 23.4 Å². The molecule has 1 aromatic carbocycles. The lowest BCUT2D eigenvalue weighted by Gasteiger charge is -2.39. The molecule has 0 unspecified atom stereocenters. The van der Waals surface area contributed by atoms with Gasteiger partial charge in [-0.1, -0.05) is 36.9 Å². The third kappa shape index (κ3) is 6.90. The van der Waals surface area contributed by atoms with E-state index in [4.69, 9.17) is 22.1 Å². The van der Waals surface area contributed by atoms with Crippen LogP contribution in [-0.4, -0.2) is 40.3 Å². The van der Waals surface area contributed by atoms with E-state index in [0.717, 1.165) is 41.7 Å². The van der Waals surface area contributed by atoms with Gasteiger partial charge in [0.2, 0.25) is 0 Å². The van der Waals surface area contributed by atoms with Crippen LogP contribution < -0.4 is 16.0 Å². The Hall–Kier alpha value is -2.19. The molecule has 1 saturated heterocycles. The standard InChI is InChI=1S/C21H28ClN5O2S.CH4/c1-20(2,3)26-19(28)29-21(4)8-10-27(11-9-21)16-12-25-17(13-24-16)30-15-7-5-6-14(23)18(15)22;/h5-7,12-13H,8-11,23H2,1-4H3,(H,26,28);1H4. The average Bonchev–Trinajstić information content (AvgIpc) is 2.65. The molecule has 0 atom stereocenters. The number of hydrogen-bond acceptors (Lipinski definition) is 7. The number of nitrogens with one attached hydrogen (secondary N) is 1. The molecular formula is C22H32ClN5O2S. The van der Waals surface area contributed by atoms with E-state index < -0.39 is 5.60 Å². The molecule has 3 N–H and O–H groups in total. The number of nitrogens with two attached hydrogens (primary N) is 1. The van der Waals surface area contributed by atoms with Gasteiger partial charge in [-0.2, -0.15) is 0 Å². The van der Waals surface area contributed by atoms with Gasteiger partial charge in [0.15, 0.2) is 0 Å². The van der Waals surface area contributed by atoms with Gasteiger partial charge in [-0.15, -0.1) is 0 Å². The third-order valence-electron chi connectivity index (χ3n) is 4.78. The molecule has 0 bridgehead atoms. The van der Waals surface area contributed by atoms with Crippen molar-refractivity contribution in [3.8, 4) is 0 Å². The Labute approximate surface area is 194 Å². The van der Waals surface area contributed by atoms with E-state index in [2.05, 4.69) is 20.2 Å². The molecule has 1 aliphatic rings. The molecule has 0 radical (unpaired) electrons. The van der Waals surface area contributed by atoms with E-state index in [1.165, 1.54) is 11.8 Å². The zero-order chi connectivity index (χ0) is 21.9. The second-order valence-electron chi connectivity index (χ2n) is 8.68. The number of amides is 1. The molecular weight excluding hydrogens is 434 g/mol. The number of nitrogen functional groups attached to an aromatic ring is 1. The molecule has 0 aliphatic carbocycles. The van der Waals surface area contributed by atoms with Gasteiger partial charge >= 0.3 is 6.09 Å². The van der Waals surface area contributed by atoms with Crippen molar-refractivity contribution < 1.29 is 9.53 Å². The molecule has 0 spiro atoms. The van der Waals surface area contributed by atoms with Gasteiger partial charge in [-0.3, -0.25) is 0 Å². The number of rotatable bonds is 4. The van der Waals surface area contributed by atoms with Crippen molar-refractivity contribution in [3.05, 3.63) is 35.6 Å². The van der Waals surface area contributed by atoms with Gasteiger partial charge in [0, 0.05) is 36.4 Å². The van der Waals surface area contributed by atoms with Gasteiger partial charge in [0.1, 0.15) is 16.4 Å². The van der Waals surface area contributed by atoms with Crippen LogP contribution in [0.5, 0.6) is 0 Å². The van der Waals surface area contributed by atoms with Gasteiger partial charge in [0.05, 0.1) is 23.1 Å². The molecule has 1 fully saturated rings.